The summed E-state index contributed by atoms with van der Waals surface area (Å²) in [5.74, 6) is 0.722. The van der Waals surface area contributed by atoms with Crippen LogP contribution in [-0.2, 0) is 10.0 Å². The molecule has 1 aromatic rings. The van der Waals surface area contributed by atoms with Crippen LogP contribution in [0, 0.1) is 16.0 Å². The maximum absolute atomic E-state index is 11.3. The summed E-state index contributed by atoms with van der Waals surface area (Å²) in [6, 6.07) is 3.74. The zero-order chi connectivity index (χ0) is 14.9. The SMILES string of the molecule is CN(CCC1CC1)c1ccc(S(N)(=O)=O)cc1[N+](=O)[O-]. The standard InChI is InChI=1S/C12H17N3O4S/c1-14(7-6-9-2-3-9)11-5-4-10(20(13,18)19)8-12(11)15(16)17/h4-5,8-9H,2-3,6-7H2,1H3,(H2,13,18,19). The van der Waals surface area contributed by atoms with Crippen LogP contribution in [-0.4, -0.2) is 26.9 Å². The fraction of sp³-hybridized carbons (Fsp3) is 0.500. The maximum Gasteiger partial charge on any atom is 0.293 e. The van der Waals surface area contributed by atoms with Crippen LogP contribution in [0.3, 0.4) is 0 Å². The molecule has 1 aromatic carbocycles. The molecule has 0 heterocycles. The first-order chi connectivity index (χ1) is 9.29. The van der Waals surface area contributed by atoms with Gasteiger partial charge in [-0.1, -0.05) is 12.8 Å². The van der Waals surface area contributed by atoms with Gasteiger partial charge in [0.25, 0.3) is 5.69 Å². The van der Waals surface area contributed by atoms with Crippen molar-refractivity contribution in [3.8, 4) is 0 Å². The van der Waals surface area contributed by atoms with Gasteiger partial charge in [-0.2, -0.15) is 0 Å². The molecule has 110 valence electrons. The Kier molecular flexibility index (Phi) is 3.96. The summed E-state index contributed by atoms with van der Waals surface area (Å²) in [5, 5.41) is 16.1. The molecule has 1 fully saturated rings. The number of benzene rings is 1. The zero-order valence-corrected chi connectivity index (χ0v) is 12.0. The van der Waals surface area contributed by atoms with Gasteiger partial charge in [-0.05, 0) is 24.5 Å². The summed E-state index contributed by atoms with van der Waals surface area (Å²) in [4.78, 5) is 12.0. The molecule has 0 radical (unpaired) electrons. The van der Waals surface area contributed by atoms with Crippen molar-refractivity contribution < 1.29 is 13.3 Å². The monoisotopic (exact) mass is 299 g/mol. The van der Waals surface area contributed by atoms with E-state index in [1.54, 1.807) is 11.9 Å². The van der Waals surface area contributed by atoms with E-state index in [4.69, 9.17) is 5.14 Å². The number of hydrogen-bond donors (Lipinski definition) is 1. The molecule has 1 aliphatic rings. The molecular formula is C12H17N3O4S. The van der Waals surface area contributed by atoms with Gasteiger partial charge >= 0.3 is 0 Å². The molecule has 0 bridgehead atoms. The molecule has 0 saturated heterocycles. The molecule has 20 heavy (non-hydrogen) atoms. The van der Waals surface area contributed by atoms with Crippen LogP contribution in [0.2, 0.25) is 0 Å². The van der Waals surface area contributed by atoms with Crippen molar-refractivity contribution in [1.82, 2.24) is 0 Å². The van der Waals surface area contributed by atoms with E-state index in [-0.39, 0.29) is 10.6 Å². The van der Waals surface area contributed by atoms with E-state index in [1.807, 2.05) is 0 Å². The number of anilines is 1. The van der Waals surface area contributed by atoms with Crippen LogP contribution in [0.15, 0.2) is 23.1 Å². The Bertz CT molecular complexity index is 626. The second kappa shape index (κ2) is 5.37. The Labute approximate surface area is 117 Å². The number of primary sulfonamides is 1. The number of nitro groups is 1. The first-order valence-electron chi connectivity index (χ1n) is 6.31. The van der Waals surface area contributed by atoms with Crippen molar-refractivity contribution in [3.05, 3.63) is 28.3 Å². The van der Waals surface area contributed by atoms with Crippen LogP contribution in [0.5, 0.6) is 0 Å². The van der Waals surface area contributed by atoms with Crippen LogP contribution >= 0.6 is 0 Å². The first-order valence-corrected chi connectivity index (χ1v) is 7.86. The van der Waals surface area contributed by atoms with E-state index in [0.717, 1.165) is 18.4 Å². The largest absolute Gasteiger partial charge is 0.369 e. The molecule has 7 nitrogen and oxygen atoms in total. The molecule has 2 rings (SSSR count). The highest BCUT2D eigenvalue weighted by molar-refractivity contribution is 7.89. The number of nitrogens with two attached hydrogens (primary N) is 1. The third-order valence-corrected chi connectivity index (χ3v) is 4.36. The molecular weight excluding hydrogens is 282 g/mol. The minimum Gasteiger partial charge on any atom is -0.369 e. The summed E-state index contributed by atoms with van der Waals surface area (Å²) in [6.45, 7) is 0.709. The third-order valence-electron chi connectivity index (χ3n) is 3.45. The Balaban J connectivity index is 2.29. The average molecular weight is 299 g/mol. The molecule has 0 aliphatic heterocycles. The summed E-state index contributed by atoms with van der Waals surface area (Å²) in [6.07, 6.45) is 3.44. The second-order valence-corrected chi connectivity index (χ2v) is 6.67. The highest BCUT2D eigenvalue weighted by atomic mass is 32.2. The van der Waals surface area contributed by atoms with Gasteiger partial charge in [0.05, 0.1) is 9.82 Å². The van der Waals surface area contributed by atoms with Crippen LogP contribution in [0.1, 0.15) is 19.3 Å². The van der Waals surface area contributed by atoms with E-state index in [2.05, 4.69) is 0 Å². The van der Waals surface area contributed by atoms with E-state index in [0.29, 0.717) is 12.2 Å². The third kappa shape index (κ3) is 3.45. The van der Waals surface area contributed by atoms with Crippen LogP contribution in [0.25, 0.3) is 0 Å². The smallest absolute Gasteiger partial charge is 0.293 e. The molecule has 0 atom stereocenters. The average Bonchev–Trinajstić information content (AvgIpc) is 3.18. The van der Waals surface area contributed by atoms with E-state index < -0.39 is 14.9 Å². The lowest BCUT2D eigenvalue weighted by molar-refractivity contribution is -0.384. The second-order valence-electron chi connectivity index (χ2n) is 5.11. The van der Waals surface area contributed by atoms with E-state index in [9.17, 15) is 18.5 Å². The summed E-state index contributed by atoms with van der Waals surface area (Å²) >= 11 is 0. The van der Waals surface area contributed by atoms with Gasteiger partial charge in [-0.3, -0.25) is 10.1 Å². The quantitative estimate of drug-likeness (QED) is 0.632. The van der Waals surface area contributed by atoms with Crippen LogP contribution < -0.4 is 10.0 Å². The highest BCUT2D eigenvalue weighted by Gasteiger charge is 2.24. The molecule has 0 aromatic heterocycles. The van der Waals surface area contributed by atoms with Crippen molar-refractivity contribution >= 4 is 21.4 Å². The fourth-order valence-corrected chi connectivity index (χ4v) is 2.59. The predicted octanol–water partition coefficient (Wildman–Crippen LogP) is 1.48. The summed E-state index contributed by atoms with van der Waals surface area (Å²) in [7, 11) is -2.17. The molecule has 1 aliphatic carbocycles. The number of hydrogen-bond acceptors (Lipinski definition) is 5. The molecule has 1 saturated carbocycles. The van der Waals surface area contributed by atoms with Gasteiger partial charge in [0, 0.05) is 19.7 Å². The number of sulfonamides is 1. The van der Waals surface area contributed by atoms with Gasteiger partial charge in [0.2, 0.25) is 10.0 Å². The molecule has 2 N–H and O–H groups in total. The lowest BCUT2D eigenvalue weighted by Crippen LogP contribution is -2.20. The number of nitrogens with zero attached hydrogens (tertiary/aromatic N) is 2. The Morgan fingerprint density at radius 2 is 2.10 bits per heavy atom. The Hall–Kier alpha value is -1.67. The maximum atomic E-state index is 11.3. The fourth-order valence-electron chi connectivity index (χ4n) is 2.05. The minimum atomic E-state index is -3.94. The molecule has 0 amide bonds. The molecule has 8 heteroatoms. The van der Waals surface area contributed by atoms with Crippen molar-refractivity contribution in [2.45, 2.75) is 24.2 Å². The van der Waals surface area contributed by atoms with Gasteiger partial charge in [0.15, 0.2) is 0 Å². The lowest BCUT2D eigenvalue weighted by Gasteiger charge is -2.19. The molecule has 0 unspecified atom stereocenters. The van der Waals surface area contributed by atoms with Gasteiger partial charge < -0.3 is 4.90 Å². The number of nitro benzene ring substituents is 1. The van der Waals surface area contributed by atoms with Crippen molar-refractivity contribution in [1.29, 1.82) is 0 Å². The highest BCUT2D eigenvalue weighted by Crippen LogP contribution is 2.34. The van der Waals surface area contributed by atoms with Gasteiger partial charge in [0.1, 0.15) is 5.69 Å². The summed E-state index contributed by atoms with van der Waals surface area (Å²) in [5.41, 5.74) is 0.165. The van der Waals surface area contributed by atoms with Crippen LogP contribution in [0.4, 0.5) is 11.4 Å². The van der Waals surface area contributed by atoms with Crippen molar-refractivity contribution in [3.63, 3.8) is 0 Å². The lowest BCUT2D eigenvalue weighted by atomic mass is 10.2. The van der Waals surface area contributed by atoms with E-state index in [1.165, 1.54) is 25.0 Å². The predicted molar refractivity (Wildman–Crippen MR) is 75.1 cm³/mol. The van der Waals surface area contributed by atoms with Gasteiger partial charge in [-0.25, -0.2) is 13.6 Å². The van der Waals surface area contributed by atoms with Gasteiger partial charge in [-0.15, -0.1) is 0 Å². The first kappa shape index (κ1) is 14.7. The topological polar surface area (TPSA) is 107 Å². The minimum absolute atomic E-state index is 0.241. The zero-order valence-electron chi connectivity index (χ0n) is 11.2. The Morgan fingerprint density at radius 1 is 1.45 bits per heavy atom. The Morgan fingerprint density at radius 3 is 2.60 bits per heavy atom. The number of rotatable bonds is 6. The van der Waals surface area contributed by atoms with Crippen molar-refractivity contribution in [2.75, 3.05) is 18.5 Å². The normalized spacial score (nSPS) is 15.1. The summed E-state index contributed by atoms with van der Waals surface area (Å²) < 4.78 is 22.5. The molecule has 0 spiro atoms. The van der Waals surface area contributed by atoms with Crippen molar-refractivity contribution in [2.24, 2.45) is 11.1 Å². The van der Waals surface area contributed by atoms with E-state index >= 15 is 0 Å².